The van der Waals surface area contributed by atoms with Crippen molar-refractivity contribution in [1.82, 2.24) is 24.5 Å². The van der Waals surface area contributed by atoms with Crippen LogP contribution in [0.15, 0.2) is 21.8 Å². The van der Waals surface area contributed by atoms with Crippen molar-refractivity contribution in [3.8, 4) is 0 Å². The Bertz CT molecular complexity index is 589. The third kappa shape index (κ3) is 2.52. The van der Waals surface area contributed by atoms with E-state index in [1.807, 2.05) is 0 Å². The molecule has 0 saturated carbocycles. The van der Waals surface area contributed by atoms with Crippen molar-refractivity contribution < 1.29 is 0 Å². The van der Waals surface area contributed by atoms with Gasteiger partial charge in [-0.3, -0.25) is 9.48 Å². The summed E-state index contributed by atoms with van der Waals surface area (Å²) in [5.41, 5.74) is 0.435. The van der Waals surface area contributed by atoms with Crippen molar-refractivity contribution in [3.63, 3.8) is 0 Å². The summed E-state index contributed by atoms with van der Waals surface area (Å²) >= 11 is 3.23. The van der Waals surface area contributed by atoms with Crippen LogP contribution >= 0.6 is 15.9 Å². The van der Waals surface area contributed by atoms with Gasteiger partial charge in [0.25, 0.3) is 5.56 Å². The maximum absolute atomic E-state index is 11.6. The molecule has 1 N–H and O–H groups in total. The van der Waals surface area contributed by atoms with Crippen LogP contribution in [-0.4, -0.2) is 24.5 Å². The molecule has 0 aliphatic carbocycles. The highest BCUT2D eigenvalue weighted by molar-refractivity contribution is 9.10. The van der Waals surface area contributed by atoms with Gasteiger partial charge in [0.2, 0.25) is 0 Å². The monoisotopic (exact) mass is 298 g/mol. The van der Waals surface area contributed by atoms with Crippen LogP contribution in [-0.2, 0) is 20.6 Å². The Labute approximate surface area is 106 Å². The van der Waals surface area contributed by atoms with E-state index in [9.17, 15) is 4.79 Å². The second-order valence-electron chi connectivity index (χ2n) is 3.49. The first-order valence-electron chi connectivity index (χ1n) is 4.88. The van der Waals surface area contributed by atoms with Crippen LogP contribution in [0.5, 0.6) is 0 Å². The highest BCUT2D eigenvalue weighted by atomic mass is 79.9. The van der Waals surface area contributed by atoms with Crippen LogP contribution in [0, 0.1) is 0 Å². The molecule has 0 bridgehead atoms. The van der Waals surface area contributed by atoms with Gasteiger partial charge < -0.3 is 5.32 Å². The topological polar surface area (TPSA) is 77.6 Å². The average Bonchev–Trinajstić information content (AvgIpc) is 2.71. The summed E-state index contributed by atoms with van der Waals surface area (Å²) in [6.45, 7) is 0.439. The maximum atomic E-state index is 11.6. The Morgan fingerprint density at radius 1 is 1.47 bits per heavy atom. The van der Waals surface area contributed by atoms with E-state index in [1.54, 1.807) is 31.3 Å². The summed E-state index contributed by atoms with van der Waals surface area (Å²) in [6.07, 6.45) is 3.20. The van der Waals surface area contributed by atoms with Gasteiger partial charge in [0.15, 0.2) is 5.82 Å². The number of aryl methyl sites for hydroxylation is 2. The van der Waals surface area contributed by atoms with E-state index in [2.05, 4.69) is 36.4 Å². The van der Waals surface area contributed by atoms with Crippen LogP contribution < -0.4 is 10.9 Å². The fraction of sp³-hybridized carbons (Fsp3) is 0.333. The molecule has 0 unspecified atom stereocenters. The lowest BCUT2D eigenvalue weighted by molar-refractivity contribution is 0.702. The number of aromatic nitrogens is 5. The predicted molar refractivity (Wildman–Crippen MR) is 65.5 cm³/mol. The van der Waals surface area contributed by atoms with Crippen LogP contribution in [0.2, 0.25) is 0 Å². The minimum absolute atomic E-state index is 0.191. The molecule has 8 heteroatoms. The number of nitrogens with zero attached hydrogens (tertiary/aromatic N) is 5. The van der Waals surface area contributed by atoms with E-state index < -0.39 is 0 Å². The standard InChI is InChI=1S/C9H11BrN6O/c1-15-5-12-7(14-15)4-11-6-3-13-16(2)9(17)8(6)10/h3,5,11H,4H2,1-2H3. The molecule has 0 radical (unpaired) electrons. The molecule has 0 amide bonds. The number of nitrogens with one attached hydrogen (secondary N) is 1. The second-order valence-corrected chi connectivity index (χ2v) is 4.28. The molecule has 0 aromatic carbocycles. The zero-order chi connectivity index (χ0) is 12.4. The van der Waals surface area contributed by atoms with E-state index in [1.165, 1.54) is 4.68 Å². The van der Waals surface area contributed by atoms with Crippen molar-refractivity contribution in [2.24, 2.45) is 14.1 Å². The lowest BCUT2D eigenvalue weighted by atomic mass is 10.4. The molecule has 0 spiro atoms. The van der Waals surface area contributed by atoms with E-state index in [0.29, 0.717) is 22.5 Å². The van der Waals surface area contributed by atoms with Gasteiger partial charge >= 0.3 is 0 Å². The highest BCUT2D eigenvalue weighted by Gasteiger charge is 2.07. The smallest absolute Gasteiger partial charge is 0.282 e. The largest absolute Gasteiger partial charge is 0.375 e. The van der Waals surface area contributed by atoms with Crippen molar-refractivity contribution >= 4 is 21.6 Å². The van der Waals surface area contributed by atoms with Gasteiger partial charge in [0, 0.05) is 14.1 Å². The SMILES string of the molecule is Cn1cnc(CNc2cnn(C)c(=O)c2Br)n1. The summed E-state index contributed by atoms with van der Waals surface area (Å²) < 4.78 is 3.33. The van der Waals surface area contributed by atoms with Gasteiger partial charge in [0.1, 0.15) is 10.8 Å². The molecule has 0 aliphatic heterocycles. The minimum Gasteiger partial charge on any atom is -0.375 e. The second kappa shape index (κ2) is 4.66. The highest BCUT2D eigenvalue weighted by Crippen LogP contribution is 2.16. The zero-order valence-corrected chi connectivity index (χ0v) is 11.0. The molecule has 0 saturated heterocycles. The van der Waals surface area contributed by atoms with E-state index in [0.717, 1.165) is 0 Å². The first-order chi connectivity index (χ1) is 8.08. The Morgan fingerprint density at radius 3 is 2.88 bits per heavy atom. The van der Waals surface area contributed by atoms with Crippen molar-refractivity contribution in [2.45, 2.75) is 6.54 Å². The molecule has 2 rings (SSSR count). The first-order valence-corrected chi connectivity index (χ1v) is 5.67. The van der Waals surface area contributed by atoms with Gasteiger partial charge in [-0.1, -0.05) is 0 Å². The lowest BCUT2D eigenvalue weighted by Gasteiger charge is -2.06. The molecule has 17 heavy (non-hydrogen) atoms. The van der Waals surface area contributed by atoms with Crippen LogP contribution in [0.4, 0.5) is 5.69 Å². The lowest BCUT2D eigenvalue weighted by Crippen LogP contribution is -2.21. The minimum atomic E-state index is -0.191. The average molecular weight is 299 g/mol. The Morgan fingerprint density at radius 2 is 2.24 bits per heavy atom. The third-order valence-electron chi connectivity index (χ3n) is 2.16. The normalized spacial score (nSPS) is 10.5. The molecule has 2 heterocycles. The summed E-state index contributed by atoms with van der Waals surface area (Å²) in [5.74, 6) is 0.653. The Hall–Kier alpha value is -1.70. The Balaban J connectivity index is 2.15. The van der Waals surface area contributed by atoms with Crippen molar-refractivity contribution in [1.29, 1.82) is 0 Å². The maximum Gasteiger partial charge on any atom is 0.282 e. The molecule has 0 aliphatic rings. The van der Waals surface area contributed by atoms with Gasteiger partial charge in [-0.15, -0.1) is 0 Å². The van der Waals surface area contributed by atoms with Crippen molar-refractivity contribution in [3.05, 3.63) is 33.2 Å². The number of hydrogen-bond donors (Lipinski definition) is 1. The molecule has 0 fully saturated rings. The quantitative estimate of drug-likeness (QED) is 0.881. The molecular formula is C9H11BrN6O. The number of hydrogen-bond acceptors (Lipinski definition) is 5. The van der Waals surface area contributed by atoms with Gasteiger partial charge in [-0.05, 0) is 15.9 Å². The van der Waals surface area contributed by atoms with E-state index in [-0.39, 0.29) is 5.56 Å². The van der Waals surface area contributed by atoms with Crippen LogP contribution in [0.1, 0.15) is 5.82 Å². The van der Waals surface area contributed by atoms with E-state index in [4.69, 9.17) is 0 Å². The molecular weight excluding hydrogens is 288 g/mol. The summed E-state index contributed by atoms with van der Waals surface area (Å²) in [4.78, 5) is 15.7. The van der Waals surface area contributed by atoms with Crippen LogP contribution in [0.3, 0.4) is 0 Å². The summed E-state index contributed by atoms with van der Waals surface area (Å²) in [7, 11) is 3.39. The van der Waals surface area contributed by atoms with E-state index >= 15 is 0 Å². The number of anilines is 1. The first kappa shape index (κ1) is 11.8. The van der Waals surface area contributed by atoms with Crippen LogP contribution in [0.25, 0.3) is 0 Å². The molecule has 0 atom stereocenters. The zero-order valence-electron chi connectivity index (χ0n) is 9.38. The number of rotatable bonds is 3. The fourth-order valence-corrected chi connectivity index (χ4v) is 1.77. The van der Waals surface area contributed by atoms with Gasteiger partial charge in [-0.25, -0.2) is 9.67 Å². The van der Waals surface area contributed by atoms with Crippen molar-refractivity contribution in [2.75, 3.05) is 5.32 Å². The van der Waals surface area contributed by atoms with Gasteiger partial charge in [-0.2, -0.15) is 10.2 Å². The summed E-state index contributed by atoms with van der Waals surface area (Å²) in [6, 6.07) is 0. The number of halogens is 1. The summed E-state index contributed by atoms with van der Waals surface area (Å²) in [5, 5.41) is 11.1. The predicted octanol–water partition coefficient (Wildman–Crippen LogP) is 0.283. The molecule has 2 aromatic rings. The molecule has 7 nitrogen and oxygen atoms in total. The van der Waals surface area contributed by atoms with Gasteiger partial charge in [0.05, 0.1) is 18.4 Å². The molecule has 90 valence electrons. The Kier molecular flexibility index (Phi) is 3.23. The molecule has 2 aromatic heterocycles. The third-order valence-corrected chi connectivity index (χ3v) is 2.93. The fourth-order valence-electron chi connectivity index (χ4n) is 1.27.